The minimum Gasteiger partial charge on any atom is -0.508 e. The van der Waals surface area contributed by atoms with Gasteiger partial charge in [0.05, 0.1) is 5.39 Å². The van der Waals surface area contributed by atoms with Crippen molar-refractivity contribution in [1.82, 2.24) is 0 Å². The van der Waals surface area contributed by atoms with Gasteiger partial charge in [0.2, 0.25) is 0 Å². The molecule has 0 spiro atoms. The van der Waals surface area contributed by atoms with Crippen LogP contribution < -0.4 is 10.4 Å². The second-order valence-corrected chi connectivity index (χ2v) is 7.08. The van der Waals surface area contributed by atoms with Gasteiger partial charge in [-0.2, -0.15) is 0 Å². The molecule has 0 aliphatic rings. The first-order chi connectivity index (χ1) is 15.3. The van der Waals surface area contributed by atoms with E-state index in [1.165, 1.54) is 36.4 Å². The van der Waals surface area contributed by atoms with Crippen LogP contribution in [0.5, 0.6) is 17.2 Å². The molecule has 0 amide bonds. The number of aliphatic carboxylic acids is 1. The smallest absolute Gasteiger partial charge is 0.348 e. The van der Waals surface area contributed by atoms with E-state index in [-0.39, 0.29) is 22.6 Å². The van der Waals surface area contributed by atoms with Gasteiger partial charge in [0.15, 0.2) is 5.75 Å². The minimum atomic E-state index is -1.06. The Balaban J connectivity index is 1.88. The summed E-state index contributed by atoms with van der Waals surface area (Å²) < 4.78 is 25.2. The number of phenols is 1. The first-order valence-corrected chi connectivity index (χ1v) is 9.57. The summed E-state index contributed by atoms with van der Waals surface area (Å²) in [4.78, 5) is 23.6. The van der Waals surface area contributed by atoms with E-state index in [4.69, 9.17) is 14.3 Å². The summed E-state index contributed by atoms with van der Waals surface area (Å²) in [5, 5.41) is 19.0. The van der Waals surface area contributed by atoms with Gasteiger partial charge in [-0.1, -0.05) is 18.2 Å². The summed E-state index contributed by atoms with van der Waals surface area (Å²) in [6.45, 7) is 1.67. The Morgan fingerprint density at radius 2 is 1.81 bits per heavy atom. The number of rotatable bonds is 5. The van der Waals surface area contributed by atoms with Crippen LogP contribution in [0.15, 0.2) is 76.0 Å². The van der Waals surface area contributed by atoms with E-state index in [0.717, 1.165) is 6.08 Å². The Morgan fingerprint density at radius 3 is 2.50 bits per heavy atom. The standard InChI is InChI=1S/C25H17FO6/c1-14-12-16(26)5-9-19(14)23-24(20-10-6-17(27)13-21(20)32-25(23)30)31-18-7-2-15(3-8-18)4-11-22(28)29/h2-13,27H,1H3,(H,28,29). The van der Waals surface area contributed by atoms with Crippen LogP contribution in [0.25, 0.3) is 28.2 Å². The highest BCUT2D eigenvalue weighted by atomic mass is 19.1. The molecule has 0 aliphatic carbocycles. The summed E-state index contributed by atoms with van der Waals surface area (Å²) in [6, 6.07) is 14.9. The fourth-order valence-electron chi connectivity index (χ4n) is 3.34. The zero-order valence-electron chi connectivity index (χ0n) is 16.8. The summed E-state index contributed by atoms with van der Waals surface area (Å²) in [6.07, 6.45) is 2.46. The molecule has 1 aromatic heterocycles. The molecule has 0 unspecified atom stereocenters. The van der Waals surface area contributed by atoms with Crippen LogP contribution in [0.4, 0.5) is 4.39 Å². The molecule has 0 radical (unpaired) electrons. The van der Waals surface area contributed by atoms with Gasteiger partial charge < -0.3 is 19.4 Å². The molecule has 4 aromatic rings. The molecule has 0 saturated heterocycles. The van der Waals surface area contributed by atoms with Gasteiger partial charge in [0, 0.05) is 12.1 Å². The average molecular weight is 432 g/mol. The lowest BCUT2D eigenvalue weighted by Crippen LogP contribution is -2.07. The number of aryl methyl sites for hydroxylation is 1. The zero-order chi connectivity index (χ0) is 22.8. The predicted molar refractivity (Wildman–Crippen MR) is 117 cm³/mol. The fourth-order valence-corrected chi connectivity index (χ4v) is 3.34. The van der Waals surface area contributed by atoms with Gasteiger partial charge in [0.25, 0.3) is 0 Å². The molecule has 2 N–H and O–H groups in total. The van der Waals surface area contributed by atoms with Crippen LogP contribution in [-0.2, 0) is 4.79 Å². The maximum Gasteiger partial charge on any atom is 0.348 e. The van der Waals surface area contributed by atoms with Gasteiger partial charge in [-0.15, -0.1) is 0 Å². The van der Waals surface area contributed by atoms with E-state index < -0.39 is 17.4 Å². The lowest BCUT2D eigenvalue weighted by atomic mass is 9.99. The quantitative estimate of drug-likeness (QED) is 0.319. The van der Waals surface area contributed by atoms with Gasteiger partial charge >= 0.3 is 11.6 Å². The summed E-state index contributed by atoms with van der Waals surface area (Å²) in [7, 11) is 0. The number of phenolic OH excluding ortho intramolecular Hbond substituents is 1. The van der Waals surface area contributed by atoms with Crippen molar-refractivity contribution in [3.05, 3.63) is 94.1 Å². The molecular formula is C25H17FO6. The maximum absolute atomic E-state index is 13.7. The van der Waals surface area contributed by atoms with E-state index in [2.05, 4.69) is 0 Å². The second kappa shape index (κ2) is 8.39. The van der Waals surface area contributed by atoms with E-state index in [1.807, 2.05) is 0 Å². The molecule has 0 atom stereocenters. The Labute approximate surface area is 181 Å². The van der Waals surface area contributed by atoms with Crippen LogP contribution in [0.2, 0.25) is 0 Å². The van der Waals surface area contributed by atoms with Crippen molar-refractivity contribution in [1.29, 1.82) is 0 Å². The molecule has 32 heavy (non-hydrogen) atoms. The van der Waals surface area contributed by atoms with Crippen LogP contribution in [0.3, 0.4) is 0 Å². The number of hydrogen-bond donors (Lipinski definition) is 2. The number of benzene rings is 3. The number of aromatic hydroxyl groups is 1. The van der Waals surface area contributed by atoms with Crippen molar-refractivity contribution < 1.29 is 28.6 Å². The average Bonchev–Trinajstić information content (AvgIpc) is 2.74. The number of halogens is 1. The molecule has 160 valence electrons. The fraction of sp³-hybridized carbons (Fsp3) is 0.0400. The highest BCUT2D eigenvalue weighted by Gasteiger charge is 2.21. The molecule has 0 fully saturated rings. The topological polar surface area (TPSA) is 97.0 Å². The van der Waals surface area contributed by atoms with Crippen LogP contribution >= 0.6 is 0 Å². The SMILES string of the molecule is Cc1cc(F)ccc1-c1c(Oc2ccc(C=CC(=O)O)cc2)c2ccc(O)cc2oc1=O. The maximum atomic E-state index is 13.7. The number of carboxylic acid groups (broad SMARTS) is 1. The zero-order valence-corrected chi connectivity index (χ0v) is 16.8. The van der Waals surface area contributed by atoms with Crippen molar-refractivity contribution in [2.24, 2.45) is 0 Å². The number of carbonyl (C=O) groups is 1. The van der Waals surface area contributed by atoms with Crippen LogP contribution in [0, 0.1) is 12.7 Å². The Hall–Kier alpha value is -4.39. The largest absolute Gasteiger partial charge is 0.508 e. The molecule has 3 aromatic carbocycles. The Kier molecular flexibility index (Phi) is 5.47. The van der Waals surface area contributed by atoms with Crippen molar-refractivity contribution in [2.45, 2.75) is 6.92 Å². The van der Waals surface area contributed by atoms with Crippen molar-refractivity contribution in [3.8, 4) is 28.4 Å². The lowest BCUT2D eigenvalue weighted by Gasteiger charge is -2.15. The molecular weight excluding hydrogens is 415 g/mol. The third kappa shape index (κ3) is 4.22. The van der Waals surface area contributed by atoms with Crippen molar-refractivity contribution >= 4 is 23.0 Å². The number of fused-ring (bicyclic) bond motifs is 1. The Bertz CT molecular complexity index is 1420. The van der Waals surface area contributed by atoms with Crippen LogP contribution in [-0.4, -0.2) is 16.2 Å². The van der Waals surface area contributed by atoms with E-state index >= 15 is 0 Å². The second-order valence-electron chi connectivity index (χ2n) is 7.08. The first kappa shape index (κ1) is 20.9. The van der Waals surface area contributed by atoms with Crippen LogP contribution in [0.1, 0.15) is 11.1 Å². The van der Waals surface area contributed by atoms with Crippen molar-refractivity contribution in [2.75, 3.05) is 0 Å². The van der Waals surface area contributed by atoms with Gasteiger partial charge in [-0.3, -0.25) is 0 Å². The molecule has 0 saturated carbocycles. The lowest BCUT2D eigenvalue weighted by molar-refractivity contribution is -0.131. The van der Waals surface area contributed by atoms with Gasteiger partial charge in [-0.05, 0) is 66.1 Å². The summed E-state index contributed by atoms with van der Waals surface area (Å²) in [5.74, 6) is -0.991. The van der Waals surface area contributed by atoms with Crippen molar-refractivity contribution in [3.63, 3.8) is 0 Å². The predicted octanol–water partition coefficient (Wildman–Crippen LogP) is 5.50. The molecule has 4 rings (SSSR count). The molecule has 7 heteroatoms. The number of carboxylic acids is 1. The Morgan fingerprint density at radius 1 is 1.06 bits per heavy atom. The van der Waals surface area contributed by atoms with Gasteiger partial charge in [0.1, 0.15) is 28.5 Å². The highest BCUT2D eigenvalue weighted by molar-refractivity contribution is 5.92. The van der Waals surface area contributed by atoms with E-state index in [9.17, 15) is 19.1 Å². The monoisotopic (exact) mass is 432 g/mol. The third-order valence-electron chi connectivity index (χ3n) is 4.82. The molecule has 1 heterocycles. The highest BCUT2D eigenvalue weighted by Crippen LogP contribution is 2.39. The number of hydrogen-bond acceptors (Lipinski definition) is 5. The molecule has 6 nitrogen and oxygen atoms in total. The van der Waals surface area contributed by atoms with Gasteiger partial charge in [-0.25, -0.2) is 14.0 Å². The summed E-state index contributed by atoms with van der Waals surface area (Å²) >= 11 is 0. The molecule has 0 bridgehead atoms. The van der Waals surface area contributed by atoms with E-state index in [1.54, 1.807) is 37.3 Å². The normalized spacial score (nSPS) is 11.2. The first-order valence-electron chi connectivity index (χ1n) is 9.57. The number of ether oxygens (including phenoxy) is 1. The van der Waals surface area contributed by atoms with E-state index in [0.29, 0.717) is 27.8 Å². The minimum absolute atomic E-state index is 0.0770. The third-order valence-corrected chi connectivity index (χ3v) is 4.82. The summed E-state index contributed by atoms with van der Waals surface area (Å²) in [5.41, 5.74) is 1.18. The molecule has 0 aliphatic heterocycles.